The van der Waals surface area contributed by atoms with Crippen molar-refractivity contribution < 1.29 is 9.59 Å². The lowest BCUT2D eigenvalue weighted by molar-refractivity contribution is -0.152. The van der Waals surface area contributed by atoms with Gasteiger partial charge in [0.05, 0.1) is 0 Å². The molecule has 0 aromatic heterocycles. The zero-order chi connectivity index (χ0) is 11.5. The topological polar surface area (TPSA) is 37.4 Å². The molecule has 86 valence electrons. The molecular formula is C11H18ClNO2. The van der Waals surface area contributed by atoms with E-state index in [1.54, 1.807) is 0 Å². The van der Waals surface area contributed by atoms with E-state index in [-0.39, 0.29) is 17.2 Å². The van der Waals surface area contributed by atoms with Gasteiger partial charge in [-0.25, -0.2) is 0 Å². The van der Waals surface area contributed by atoms with E-state index < -0.39 is 0 Å². The van der Waals surface area contributed by atoms with Crippen molar-refractivity contribution in [3.05, 3.63) is 0 Å². The maximum Gasteiger partial charge on any atom is 0.229 e. The molecule has 0 aromatic rings. The molecule has 0 N–H and O–H groups in total. The fraction of sp³-hybridized carbons (Fsp3) is 0.818. The zero-order valence-corrected chi connectivity index (χ0v) is 10.1. The number of imide groups is 1. The number of piperidine rings is 1. The van der Waals surface area contributed by atoms with Crippen LogP contribution in [0.25, 0.3) is 0 Å². The van der Waals surface area contributed by atoms with Crippen molar-refractivity contribution in [1.82, 2.24) is 4.90 Å². The minimum absolute atomic E-state index is 0.0363. The van der Waals surface area contributed by atoms with Gasteiger partial charge in [0.25, 0.3) is 0 Å². The van der Waals surface area contributed by atoms with Crippen LogP contribution >= 0.6 is 11.6 Å². The summed E-state index contributed by atoms with van der Waals surface area (Å²) in [5.74, 6) is 0.512. The molecule has 0 unspecified atom stereocenters. The smallest absolute Gasteiger partial charge is 0.229 e. The van der Waals surface area contributed by atoms with Crippen LogP contribution in [0.4, 0.5) is 0 Å². The van der Waals surface area contributed by atoms with E-state index in [9.17, 15) is 9.59 Å². The van der Waals surface area contributed by atoms with Crippen LogP contribution in [0.5, 0.6) is 0 Å². The van der Waals surface area contributed by atoms with E-state index in [0.29, 0.717) is 25.3 Å². The zero-order valence-electron chi connectivity index (χ0n) is 9.38. The average molecular weight is 232 g/mol. The van der Waals surface area contributed by atoms with Crippen molar-refractivity contribution in [2.24, 2.45) is 5.41 Å². The summed E-state index contributed by atoms with van der Waals surface area (Å²) < 4.78 is 0. The van der Waals surface area contributed by atoms with Gasteiger partial charge in [-0.3, -0.25) is 14.5 Å². The van der Waals surface area contributed by atoms with Crippen molar-refractivity contribution in [3.63, 3.8) is 0 Å². The van der Waals surface area contributed by atoms with E-state index in [2.05, 4.69) is 0 Å². The van der Waals surface area contributed by atoms with Crippen LogP contribution in [0.2, 0.25) is 0 Å². The van der Waals surface area contributed by atoms with Crippen LogP contribution in [-0.4, -0.2) is 29.1 Å². The molecule has 1 fully saturated rings. The number of hydrogen-bond donors (Lipinski definition) is 0. The largest absolute Gasteiger partial charge is 0.283 e. The Morgan fingerprint density at radius 2 is 1.73 bits per heavy atom. The summed E-state index contributed by atoms with van der Waals surface area (Å²) in [4.78, 5) is 24.8. The van der Waals surface area contributed by atoms with E-state index in [4.69, 9.17) is 11.6 Å². The van der Waals surface area contributed by atoms with Crippen LogP contribution in [0.1, 0.15) is 39.5 Å². The molecule has 0 spiro atoms. The normalized spacial score (nSPS) is 20.9. The highest BCUT2D eigenvalue weighted by atomic mass is 35.5. The molecule has 1 saturated heterocycles. The molecule has 0 aliphatic carbocycles. The molecule has 0 atom stereocenters. The van der Waals surface area contributed by atoms with Crippen molar-refractivity contribution in [2.45, 2.75) is 39.5 Å². The number of amides is 2. The predicted molar refractivity (Wildman–Crippen MR) is 59.7 cm³/mol. The van der Waals surface area contributed by atoms with E-state index >= 15 is 0 Å². The predicted octanol–water partition coefficient (Wildman–Crippen LogP) is 2.18. The fourth-order valence-corrected chi connectivity index (χ4v) is 2.01. The fourth-order valence-electron chi connectivity index (χ4n) is 1.83. The Labute approximate surface area is 95.8 Å². The van der Waals surface area contributed by atoms with Crippen LogP contribution < -0.4 is 0 Å². The Balaban J connectivity index is 2.52. The Kier molecular flexibility index (Phi) is 4.14. The molecule has 1 aliphatic rings. The second kappa shape index (κ2) is 4.97. The number of alkyl halides is 1. The number of carbonyl (C=O) groups is 2. The third-order valence-corrected chi connectivity index (χ3v) is 2.89. The highest BCUT2D eigenvalue weighted by Gasteiger charge is 2.36. The van der Waals surface area contributed by atoms with Crippen LogP contribution in [0.3, 0.4) is 0 Å². The van der Waals surface area contributed by atoms with Gasteiger partial charge in [-0.15, -0.1) is 11.6 Å². The molecule has 0 saturated carbocycles. The number of unbranched alkanes of at least 4 members (excludes halogenated alkanes) is 1. The molecule has 1 rings (SSSR count). The molecule has 4 heteroatoms. The maximum atomic E-state index is 11.7. The first-order valence-electron chi connectivity index (χ1n) is 5.35. The Bertz CT molecular complexity index is 243. The van der Waals surface area contributed by atoms with Crippen LogP contribution in [-0.2, 0) is 9.59 Å². The van der Waals surface area contributed by atoms with Gasteiger partial charge in [0, 0.05) is 25.3 Å². The lowest BCUT2D eigenvalue weighted by Crippen LogP contribution is -2.46. The molecule has 2 amide bonds. The number of nitrogens with zero attached hydrogens (tertiary/aromatic N) is 1. The molecule has 1 heterocycles. The van der Waals surface area contributed by atoms with E-state index in [1.165, 1.54) is 4.90 Å². The second-order valence-corrected chi connectivity index (χ2v) is 5.23. The third kappa shape index (κ3) is 3.49. The first-order valence-corrected chi connectivity index (χ1v) is 5.89. The van der Waals surface area contributed by atoms with Crippen LogP contribution in [0.15, 0.2) is 0 Å². The number of hydrogen-bond acceptors (Lipinski definition) is 2. The van der Waals surface area contributed by atoms with Gasteiger partial charge < -0.3 is 0 Å². The summed E-state index contributed by atoms with van der Waals surface area (Å²) in [6.07, 6.45) is 2.60. The molecule has 1 aliphatic heterocycles. The minimum atomic E-state index is -0.169. The van der Waals surface area contributed by atoms with Crippen molar-refractivity contribution in [2.75, 3.05) is 12.4 Å². The summed E-state index contributed by atoms with van der Waals surface area (Å²) in [5.41, 5.74) is -0.169. The SMILES string of the molecule is CC1(C)CC(=O)N(CCCCCl)C(=O)C1. The molecule has 0 aromatic carbocycles. The third-order valence-electron chi connectivity index (χ3n) is 2.63. The summed E-state index contributed by atoms with van der Waals surface area (Å²) in [5, 5.41) is 0. The standard InChI is InChI=1S/C11H18ClNO2/c1-11(2)7-9(14)13(10(15)8-11)6-4-3-5-12/h3-8H2,1-2H3. The summed E-state index contributed by atoms with van der Waals surface area (Å²) in [6, 6.07) is 0. The Morgan fingerprint density at radius 3 is 2.20 bits per heavy atom. The lowest BCUT2D eigenvalue weighted by Gasteiger charge is -2.34. The number of rotatable bonds is 4. The van der Waals surface area contributed by atoms with Gasteiger partial charge in [0.2, 0.25) is 11.8 Å². The van der Waals surface area contributed by atoms with Crippen molar-refractivity contribution >= 4 is 23.4 Å². The van der Waals surface area contributed by atoms with E-state index in [1.807, 2.05) is 13.8 Å². The number of halogens is 1. The minimum Gasteiger partial charge on any atom is -0.283 e. The number of likely N-dealkylation sites (tertiary alicyclic amines) is 1. The average Bonchev–Trinajstić information content (AvgIpc) is 2.08. The van der Waals surface area contributed by atoms with Crippen molar-refractivity contribution in [1.29, 1.82) is 0 Å². The van der Waals surface area contributed by atoms with Gasteiger partial charge in [-0.2, -0.15) is 0 Å². The summed E-state index contributed by atoms with van der Waals surface area (Å²) >= 11 is 5.55. The Morgan fingerprint density at radius 1 is 1.20 bits per heavy atom. The first kappa shape index (κ1) is 12.5. The summed E-state index contributed by atoms with van der Waals surface area (Å²) in [7, 11) is 0. The molecule has 0 bridgehead atoms. The number of carbonyl (C=O) groups excluding carboxylic acids is 2. The van der Waals surface area contributed by atoms with Crippen molar-refractivity contribution in [3.8, 4) is 0 Å². The monoisotopic (exact) mass is 231 g/mol. The quantitative estimate of drug-likeness (QED) is 0.423. The maximum absolute atomic E-state index is 11.7. The Hall–Kier alpha value is -0.570. The highest BCUT2D eigenvalue weighted by molar-refractivity contribution is 6.17. The highest BCUT2D eigenvalue weighted by Crippen LogP contribution is 2.31. The van der Waals surface area contributed by atoms with Gasteiger partial charge in [-0.05, 0) is 18.3 Å². The van der Waals surface area contributed by atoms with Gasteiger partial charge >= 0.3 is 0 Å². The first-order chi connectivity index (χ1) is 6.96. The summed E-state index contributed by atoms with van der Waals surface area (Å²) in [6.45, 7) is 4.44. The molecule has 0 radical (unpaired) electrons. The van der Waals surface area contributed by atoms with Crippen LogP contribution in [0, 0.1) is 5.41 Å². The second-order valence-electron chi connectivity index (χ2n) is 4.85. The molecule has 3 nitrogen and oxygen atoms in total. The van der Waals surface area contributed by atoms with Gasteiger partial charge in [0.1, 0.15) is 0 Å². The van der Waals surface area contributed by atoms with Gasteiger partial charge in [-0.1, -0.05) is 13.8 Å². The van der Waals surface area contributed by atoms with Gasteiger partial charge in [0.15, 0.2) is 0 Å². The molecule has 15 heavy (non-hydrogen) atoms. The molecular weight excluding hydrogens is 214 g/mol. The van der Waals surface area contributed by atoms with E-state index in [0.717, 1.165) is 12.8 Å². The lowest BCUT2D eigenvalue weighted by atomic mass is 9.82.